The molecule has 300 valence electrons. The SMILES string of the molecule is COc1ccc(CO[C@H](/C(=C/CO[Si](C(C)C)(C(C)C)C(C)C)CO[Si](C(C)C)(C(C)C)C(C)C)[C@@H]2OC(C)(C)O[C@H]2COCc2ccccc2)cc1. The fraction of sp³-hybridized carbons (Fsp3) is 0.682. The minimum absolute atomic E-state index is 0.364. The van der Waals surface area contributed by atoms with Gasteiger partial charge >= 0.3 is 0 Å². The van der Waals surface area contributed by atoms with Crippen molar-refractivity contribution >= 4 is 16.6 Å². The van der Waals surface area contributed by atoms with Crippen molar-refractivity contribution in [1.29, 1.82) is 0 Å². The molecule has 1 fully saturated rings. The highest BCUT2D eigenvalue weighted by molar-refractivity contribution is 6.78. The highest BCUT2D eigenvalue weighted by Crippen LogP contribution is 2.44. The summed E-state index contributed by atoms with van der Waals surface area (Å²) in [4.78, 5) is 0. The summed E-state index contributed by atoms with van der Waals surface area (Å²) >= 11 is 0. The second-order valence-corrected chi connectivity index (χ2v) is 28.2. The van der Waals surface area contributed by atoms with Gasteiger partial charge in [-0.3, -0.25) is 0 Å². The molecule has 0 aromatic heterocycles. The number of hydrogen-bond acceptors (Lipinski definition) is 7. The summed E-state index contributed by atoms with van der Waals surface area (Å²) in [6.07, 6.45) is 0.977. The third-order valence-corrected chi connectivity index (χ3v) is 23.6. The first kappa shape index (κ1) is 45.6. The standard InChI is InChI=1S/C44H74O7Si2/c1-31(2)52(32(3)4,33(5)6)48-26-25-39(29-49-53(34(7)8,35(9)10)36(11)12)42(47-28-38-21-23-40(45-15)24-22-38)43-41(50-44(13,14)51-43)30-46-27-37-19-17-16-18-20-37/h16-25,31-36,41-43H,26-30H2,1-15H3/b39-25+/t41-,42+,43+/m0/s1. The molecule has 0 N–H and O–H groups in total. The fourth-order valence-corrected chi connectivity index (χ4v) is 20.0. The van der Waals surface area contributed by atoms with Gasteiger partial charge in [0, 0.05) is 0 Å². The van der Waals surface area contributed by atoms with Gasteiger partial charge in [0.15, 0.2) is 5.79 Å². The molecule has 0 bridgehead atoms. The van der Waals surface area contributed by atoms with Crippen LogP contribution in [0.25, 0.3) is 0 Å². The second-order valence-electron chi connectivity index (χ2n) is 17.2. The van der Waals surface area contributed by atoms with Gasteiger partial charge < -0.3 is 32.5 Å². The maximum Gasteiger partial charge on any atom is 0.200 e. The number of methoxy groups -OCH3 is 1. The van der Waals surface area contributed by atoms with Crippen molar-refractivity contribution in [3.05, 3.63) is 77.4 Å². The molecular formula is C44H74O7Si2. The number of benzene rings is 2. The molecule has 2 aromatic carbocycles. The lowest BCUT2D eigenvalue weighted by Gasteiger charge is -2.43. The van der Waals surface area contributed by atoms with Crippen LogP contribution in [0.4, 0.5) is 0 Å². The van der Waals surface area contributed by atoms with E-state index < -0.39 is 34.6 Å². The van der Waals surface area contributed by atoms with Crippen molar-refractivity contribution in [2.75, 3.05) is 26.9 Å². The predicted molar refractivity (Wildman–Crippen MR) is 224 cm³/mol. The molecule has 3 atom stereocenters. The molecule has 2 aromatic rings. The van der Waals surface area contributed by atoms with Crippen LogP contribution >= 0.6 is 0 Å². The van der Waals surface area contributed by atoms with E-state index in [0.717, 1.165) is 22.4 Å². The fourth-order valence-electron chi connectivity index (χ4n) is 9.20. The van der Waals surface area contributed by atoms with Crippen LogP contribution in [-0.4, -0.2) is 67.7 Å². The van der Waals surface area contributed by atoms with E-state index in [1.165, 1.54) is 0 Å². The van der Waals surface area contributed by atoms with Crippen molar-refractivity contribution in [2.24, 2.45) is 0 Å². The normalized spacial score (nSPS) is 19.1. The molecule has 1 aliphatic rings. The predicted octanol–water partition coefficient (Wildman–Crippen LogP) is 11.6. The number of rotatable bonds is 22. The zero-order chi connectivity index (χ0) is 39.6. The highest BCUT2D eigenvalue weighted by atomic mass is 28.4. The van der Waals surface area contributed by atoms with Gasteiger partial charge in [-0.2, -0.15) is 0 Å². The maximum absolute atomic E-state index is 7.35. The largest absolute Gasteiger partial charge is 0.497 e. The molecule has 3 rings (SSSR count). The van der Waals surface area contributed by atoms with E-state index in [1.807, 2.05) is 44.2 Å². The van der Waals surface area contributed by atoms with Crippen LogP contribution in [0.1, 0.15) is 108 Å². The summed E-state index contributed by atoms with van der Waals surface area (Å²) in [7, 11) is -2.71. The van der Waals surface area contributed by atoms with Crippen LogP contribution in [-0.2, 0) is 41.0 Å². The molecule has 9 heteroatoms. The van der Waals surface area contributed by atoms with Crippen molar-refractivity contribution < 1.29 is 32.5 Å². The van der Waals surface area contributed by atoms with Crippen molar-refractivity contribution in [3.63, 3.8) is 0 Å². The van der Waals surface area contributed by atoms with Crippen molar-refractivity contribution in [3.8, 4) is 5.75 Å². The third-order valence-electron chi connectivity index (χ3n) is 11.4. The van der Waals surface area contributed by atoms with E-state index in [-0.39, 0.29) is 6.10 Å². The Bertz CT molecular complexity index is 1330. The minimum atomic E-state index is -2.25. The average molecular weight is 771 g/mol. The molecule has 0 unspecified atom stereocenters. The average Bonchev–Trinajstić information content (AvgIpc) is 3.39. The first-order chi connectivity index (χ1) is 24.9. The van der Waals surface area contributed by atoms with Gasteiger partial charge in [-0.05, 0) is 75.9 Å². The molecule has 7 nitrogen and oxygen atoms in total. The van der Waals surface area contributed by atoms with Crippen LogP contribution in [0.15, 0.2) is 66.2 Å². The van der Waals surface area contributed by atoms with Gasteiger partial charge in [0.25, 0.3) is 0 Å². The lowest BCUT2D eigenvalue weighted by atomic mass is 10.00. The van der Waals surface area contributed by atoms with Gasteiger partial charge in [0.2, 0.25) is 16.6 Å². The Morgan fingerprint density at radius 3 is 1.70 bits per heavy atom. The lowest BCUT2D eigenvalue weighted by Crippen LogP contribution is -2.49. The summed E-state index contributed by atoms with van der Waals surface area (Å²) < 4.78 is 46.7. The summed E-state index contributed by atoms with van der Waals surface area (Å²) in [6.45, 7) is 34.1. The zero-order valence-electron chi connectivity index (χ0n) is 35.9. The van der Waals surface area contributed by atoms with Crippen LogP contribution in [0.3, 0.4) is 0 Å². The summed E-state index contributed by atoms with van der Waals surface area (Å²) in [5.41, 5.74) is 5.92. The number of ether oxygens (including phenoxy) is 5. The summed E-state index contributed by atoms with van der Waals surface area (Å²) in [5.74, 6) is -0.0106. The molecule has 1 saturated heterocycles. The molecule has 1 aliphatic heterocycles. The van der Waals surface area contributed by atoms with E-state index in [9.17, 15) is 0 Å². The maximum atomic E-state index is 7.35. The Labute approximate surface area is 325 Å². The Morgan fingerprint density at radius 1 is 0.679 bits per heavy atom. The number of hydrogen-bond donors (Lipinski definition) is 0. The Balaban J connectivity index is 2.11. The molecule has 53 heavy (non-hydrogen) atoms. The van der Waals surface area contributed by atoms with Gasteiger partial charge in [-0.15, -0.1) is 0 Å². The van der Waals surface area contributed by atoms with Crippen LogP contribution in [0, 0.1) is 0 Å². The monoisotopic (exact) mass is 770 g/mol. The minimum Gasteiger partial charge on any atom is -0.497 e. The van der Waals surface area contributed by atoms with Gasteiger partial charge in [-0.25, -0.2) is 0 Å². The smallest absolute Gasteiger partial charge is 0.200 e. The van der Waals surface area contributed by atoms with Crippen LogP contribution in [0.5, 0.6) is 5.75 Å². The van der Waals surface area contributed by atoms with Crippen molar-refractivity contribution in [2.45, 2.75) is 167 Å². The molecule has 0 radical (unpaired) electrons. The van der Waals surface area contributed by atoms with E-state index >= 15 is 0 Å². The molecule has 0 aliphatic carbocycles. The zero-order valence-corrected chi connectivity index (χ0v) is 37.9. The van der Waals surface area contributed by atoms with Crippen LogP contribution < -0.4 is 4.74 Å². The van der Waals surface area contributed by atoms with Gasteiger partial charge in [-0.1, -0.05) is 132 Å². The Hall–Kier alpha value is -1.83. The first-order valence-electron chi connectivity index (χ1n) is 20.1. The summed E-state index contributed by atoms with van der Waals surface area (Å²) in [6, 6.07) is 18.3. The third kappa shape index (κ3) is 11.6. The quantitative estimate of drug-likeness (QED) is 0.0872. The van der Waals surface area contributed by atoms with Crippen molar-refractivity contribution in [1.82, 2.24) is 0 Å². The van der Waals surface area contributed by atoms with E-state index in [2.05, 4.69) is 113 Å². The molecule has 0 spiro atoms. The van der Waals surface area contributed by atoms with Gasteiger partial charge in [0.05, 0.1) is 40.1 Å². The summed E-state index contributed by atoms with van der Waals surface area (Å²) in [5, 5.41) is 0. The van der Waals surface area contributed by atoms with Crippen LogP contribution in [0.2, 0.25) is 33.2 Å². The Kier molecular flexibility index (Phi) is 17.5. The first-order valence-corrected chi connectivity index (χ1v) is 24.4. The second kappa shape index (κ2) is 20.4. The Morgan fingerprint density at radius 2 is 1.19 bits per heavy atom. The van der Waals surface area contributed by atoms with E-state index in [0.29, 0.717) is 66.3 Å². The molecule has 1 heterocycles. The lowest BCUT2D eigenvalue weighted by molar-refractivity contribution is -0.160. The van der Waals surface area contributed by atoms with E-state index in [4.69, 9.17) is 32.5 Å². The molecular weight excluding hydrogens is 697 g/mol. The topological polar surface area (TPSA) is 64.6 Å². The molecule has 0 amide bonds. The van der Waals surface area contributed by atoms with Gasteiger partial charge in [0.1, 0.15) is 24.1 Å². The molecule has 0 saturated carbocycles. The highest BCUT2D eigenvalue weighted by Gasteiger charge is 2.49. The van der Waals surface area contributed by atoms with E-state index in [1.54, 1.807) is 7.11 Å².